The minimum absolute atomic E-state index is 0.0873. The minimum atomic E-state index is 0.0873. The molecular weight excluding hydrogens is 274 g/mol. The second-order valence-corrected chi connectivity index (χ2v) is 6.60. The fourth-order valence-electron chi connectivity index (χ4n) is 3.11. The number of rotatable bonds is 3. The molecule has 1 aromatic rings. The summed E-state index contributed by atoms with van der Waals surface area (Å²) in [5.41, 5.74) is 6.67. The van der Waals surface area contributed by atoms with Crippen molar-refractivity contribution in [2.24, 2.45) is 5.73 Å². The molecule has 110 valence electrons. The molecule has 1 amide bonds. The van der Waals surface area contributed by atoms with Crippen molar-refractivity contribution in [1.29, 1.82) is 0 Å². The normalized spacial score (nSPS) is 26.6. The van der Waals surface area contributed by atoms with Gasteiger partial charge >= 0.3 is 0 Å². The number of hydrogen-bond donors (Lipinski definition) is 1. The highest BCUT2D eigenvalue weighted by Gasteiger charge is 2.31. The van der Waals surface area contributed by atoms with E-state index in [1.165, 1.54) is 0 Å². The highest BCUT2D eigenvalue weighted by atomic mass is 35.5. The van der Waals surface area contributed by atoms with Crippen LogP contribution >= 0.6 is 11.6 Å². The summed E-state index contributed by atoms with van der Waals surface area (Å²) in [7, 11) is 1.90. The molecule has 0 saturated heterocycles. The Bertz CT molecular complexity index is 501. The Morgan fingerprint density at radius 3 is 2.55 bits per heavy atom. The van der Waals surface area contributed by atoms with Crippen LogP contribution in [0.2, 0.25) is 5.02 Å². The Hall–Kier alpha value is -1.00. The average Bonchev–Trinajstić information content (AvgIpc) is 3.21. The summed E-state index contributed by atoms with van der Waals surface area (Å²) in [6.45, 7) is 0. The van der Waals surface area contributed by atoms with E-state index in [1.54, 1.807) is 6.07 Å². The third-order valence-corrected chi connectivity index (χ3v) is 4.79. The second kappa shape index (κ2) is 5.41. The zero-order chi connectivity index (χ0) is 14.3. The van der Waals surface area contributed by atoms with Crippen LogP contribution in [0.5, 0.6) is 0 Å². The Kier molecular flexibility index (Phi) is 3.78. The van der Waals surface area contributed by atoms with E-state index >= 15 is 0 Å². The molecule has 1 aromatic heterocycles. The lowest BCUT2D eigenvalue weighted by molar-refractivity contribution is 0.0679. The number of hydrogen-bond acceptors (Lipinski definition) is 2. The third-order valence-electron chi connectivity index (χ3n) is 4.58. The predicted molar refractivity (Wildman–Crippen MR) is 80.0 cm³/mol. The Morgan fingerprint density at radius 2 is 1.95 bits per heavy atom. The SMILES string of the molecule is CN(C(=O)c1cc(Cl)cn1C1CC1)C1CCC(N)CC1. The van der Waals surface area contributed by atoms with Crippen LogP contribution in [0.4, 0.5) is 0 Å². The molecular formula is C15H22ClN3O. The number of nitrogens with two attached hydrogens (primary N) is 1. The number of halogens is 1. The van der Waals surface area contributed by atoms with Gasteiger partial charge in [-0.15, -0.1) is 0 Å². The highest BCUT2D eigenvalue weighted by molar-refractivity contribution is 6.31. The quantitative estimate of drug-likeness (QED) is 0.932. The van der Waals surface area contributed by atoms with Crippen molar-refractivity contribution < 1.29 is 4.79 Å². The number of carbonyl (C=O) groups excluding carboxylic acids is 1. The molecule has 0 aliphatic heterocycles. The summed E-state index contributed by atoms with van der Waals surface area (Å²) < 4.78 is 2.05. The van der Waals surface area contributed by atoms with Gasteiger partial charge in [0.15, 0.2) is 0 Å². The lowest BCUT2D eigenvalue weighted by atomic mass is 9.91. The molecule has 0 atom stereocenters. The van der Waals surface area contributed by atoms with Crippen molar-refractivity contribution in [1.82, 2.24) is 9.47 Å². The molecule has 0 unspecified atom stereocenters. The molecule has 0 bridgehead atoms. The summed E-state index contributed by atoms with van der Waals surface area (Å²) in [4.78, 5) is 14.6. The van der Waals surface area contributed by atoms with Gasteiger partial charge < -0.3 is 15.2 Å². The first-order valence-electron chi connectivity index (χ1n) is 7.46. The van der Waals surface area contributed by atoms with Gasteiger partial charge in [0.1, 0.15) is 5.69 Å². The van der Waals surface area contributed by atoms with Gasteiger partial charge in [0, 0.05) is 31.4 Å². The summed E-state index contributed by atoms with van der Waals surface area (Å²) >= 11 is 6.08. The molecule has 5 heteroatoms. The smallest absolute Gasteiger partial charge is 0.270 e. The van der Waals surface area contributed by atoms with Crippen molar-refractivity contribution in [3.63, 3.8) is 0 Å². The Morgan fingerprint density at radius 1 is 1.30 bits per heavy atom. The molecule has 4 nitrogen and oxygen atoms in total. The zero-order valence-electron chi connectivity index (χ0n) is 11.9. The lowest BCUT2D eigenvalue weighted by Crippen LogP contribution is -2.42. The molecule has 2 fully saturated rings. The van der Waals surface area contributed by atoms with Crippen molar-refractivity contribution >= 4 is 17.5 Å². The highest BCUT2D eigenvalue weighted by Crippen LogP contribution is 2.38. The largest absolute Gasteiger partial charge is 0.339 e. The van der Waals surface area contributed by atoms with Gasteiger partial charge in [0.2, 0.25) is 0 Å². The maximum absolute atomic E-state index is 12.7. The maximum atomic E-state index is 12.7. The van der Waals surface area contributed by atoms with E-state index < -0.39 is 0 Å². The number of amides is 1. The van der Waals surface area contributed by atoms with Crippen LogP contribution in [0.15, 0.2) is 12.3 Å². The number of carbonyl (C=O) groups is 1. The van der Waals surface area contributed by atoms with Gasteiger partial charge in [-0.3, -0.25) is 4.79 Å². The molecule has 0 radical (unpaired) electrons. The summed E-state index contributed by atoms with van der Waals surface area (Å²) in [6, 6.07) is 2.88. The van der Waals surface area contributed by atoms with Crippen LogP contribution in [-0.4, -0.2) is 34.5 Å². The van der Waals surface area contributed by atoms with Crippen LogP contribution in [0.3, 0.4) is 0 Å². The third kappa shape index (κ3) is 2.72. The van der Waals surface area contributed by atoms with Crippen LogP contribution < -0.4 is 5.73 Å². The van der Waals surface area contributed by atoms with Gasteiger partial charge in [-0.2, -0.15) is 0 Å². The summed E-state index contributed by atoms with van der Waals surface area (Å²) in [6.07, 6.45) is 8.19. The van der Waals surface area contributed by atoms with Crippen LogP contribution in [0.1, 0.15) is 55.1 Å². The van der Waals surface area contributed by atoms with Crippen molar-refractivity contribution in [2.45, 2.75) is 56.7 Å². The second-order valence-electron chi connectivity index (χ2n) is 6.17. The fraction of sp³-hybridized carbons (Fsp3) is 0.667. The molecule has 1 heterocycles. The van der Waals surface area contributed by atoms with E-state index in [1.807, 2.05) is 18.1 Å². The average molecular weight is 296 g/mol. The van der Waals surface area contributed by atoms with E-state index in [2.05, 4.69) is 4.57 Å². The van der Waals surface area contributed by atoms with Crippen molar-refractivity contribution in [2.75, 3.05) is 7.05 Å². The van der Waals surface area contributed by atoms with Crippen molar-refractivity contribution in [3.05, 3.63) is 23.0 Å². The van der Waals surface area contributed by atoms with Crippen molar-refractivity contribution in [3.8, 4) is 0 Å². The maximum Gasteiger partial charge on any atom is 0.270 e. The van der Waals surface area contributed by atoms with Gasteiger partial charge in [-0.1, -0.05) is 11.6 Å². The number of aromatic nitrogens is 1. The van der Waals surface area contributed by atoms with Crippen LogP contribution in [0.25, 0.3) is 0 Å². The predicted octanol–water partition coefficient (Wildman–Crippen LogP) is 2.82. The van der Waals surface area contributed by atoms with E-state index in [4.69, 9.17) is 17.3 Å². The first-order chi connectivity index (χ1) is 9.56. The fourth-order valence-corrected chi connectivity index (χ4v) is 3.32. The molecule has 0 spiro atoms. The molecule has 20 heavy (non-hydrogen) atoms. The minimum Gasteiger partial charge on any atom is -0.339 e. The van der Waals surface area contributed by atoms with E-state index in [-0.39, 0.29) is 5.91 Å². The lowest BCUT2D eigenvalue weighted by Gasteiger charge is -2.33. The van der Waals surface area contributed by atoms with E-state index in [0.717, 1.165) is 44.2 Å². The summed E-state index contributed by atoms with van der Waals surface area (Å²) in [5.74, 6) is 0.0873. The number of nitrogens with zero attached hydrogens (tertiary/aromatic N) is 2. The Balaban J connectivity index is 1.74. The van der Waals surface area contributed by atoms with Crippen LogP contribution in [-0.2, 0) is 0 Å². The molecule has 3 rings (SSSR count). The topological polar surface area (TPSA) is 51.3 Å². The monoisotopic (exact) mass is 295 g/mol. The van der Waals surface area contributed by atoms with Gasteiger partial charge in [-0.05, 0) is 44.6 Å². The Labute approximate surface area is 124 Å². The first-order valence-corrected chi connectivity index (χ1v) is 7.84. The van der Waals surface area contributed by atoms with Gasteiger partial charge in [0.25, 0.3) is 5.91 Å². The summed E-state index contributed by atoms with van der Waals surface area (Å²) in [5, 5.41) is 0.652. The first kappa shape index (κ1) is 14.0. The standard InChI is InChI=1S/C15H22ClN3O/c1-18(12-4-2-11(17)3-5-12)15(20)14-8-10(16)9-19(14)13-6-7-13/h8-9,11-13H,2-7,17H2,1H3. The molecule has 0 aromatic carbocycles. The van der Waals surface area contributed by atoms with E-state index in [0.29, 0.717) is 23.1 Å². The molecule has 2 saturated carbocycles. The molecule has 2 aliphatic rings. The van der Waals surface area contributed by atoms with E-state index in [9.17, 15) is 4.79 Å². The van der Waals surface area contributed by atoms with Crippen LogP contribution in [0, 0.1) is 0 Å². The molecule has 2 N–H and O–H groups in total. The molecule has 2 aliphatic carbocycles. The van der Waals surface area contributed by atoms with Gasteiger partial charge in [0.05, 0.1) is 5.02 Å². The van der Waals surface area contributed by atoms with Gasteiger partial charge in [-0.25, -0.2) is 0 Å². The zero-order valence-corrected chi connectivity index (χ0v) is 12.6.